The number of benzene rings is 9. The highest BCUT2D eigenvalue weighted by atomic mass is 16.5. The minimum Gasteiger partial charge on any atom is -0.497 e. The van der Waals surface area contributed by atoms with E-state index in [1.807, 2.05) is 0 Å². The smallest absolute Gasteiger partial charge is 0.118 e. The Morgan fingerprint density at radius 2 is 0.889 bits per heavy atom. The van der Waals surface area contributed by atoms with E-state index in [1.165, 1.54) is 215 Å². The summed E-state index contributed by atoms with van der Waals surface area (Å²) in [5.74, 6) is 0.852. The number of fused-ring (bicyclic) bond motifs is 9. The Bertz CT molecular complexity index is 4100. The SMILES string of the molecule is C=C(CCCCCCC)Nc1c(-c2ccc(OC)cc2)cc(NCCCCCCCC)c2c1-c1cccc3c(-c4ccc5c6c(NC)c7c8cccc9cccc(c7c(NC(=C)CCCCCCC)c6c6cccc4c56)c98)ccc-2c13. The van der Waals surface area contributed by atoms with Crippen LogP contribution in [-0.4, -0.2) is 20.7 Å². The number of hydrogen-bond acceptors (Lipinski definition) is 5. The van der Waals surface area contributed by atoms with E-state index >= 15 is 0 Å². The Morgan fingerprint density at radius 1 is 0.407 bits per heavy atom. The summed E-state index contributed by atoms with van der Waals surface area (Å²) in [6.45, 7) is 17.2. The van der Waals surface area contributed by atoms with Crippen molar-refractivity contribution in [1.29, 1.82) is 0 Å². The molecule has 11 aromatic carbocycles. The van der Waals surface area contributed by atoms with Gasteiger partial charge in [-0.25, -0.2) is 0 Å². The zero-order valence-electron chi connectivity index (χ0n) is 48.9. The first-order valence-electron chi connectivity index (χ1n) is 30.9. The molecule has 1 aliphatic carbocycles. The van der Waals surface area contributed by atoms with Crippen LogP contribution in [0.25, 0.3) is 120 Å². The second kappa shape index (κ2) is 23.8. The van der Waals surface area contributed by atoms with Crippen molar-refractivity contribution in [2.45, 2.75) is 136 Å². The Labute approximate surface area is 480 Å². The third-order valence-corrected chi connectivity index (χ3v) is 18.0. The first kappa shape index (κ1) is 53.9. The van der Waals surface area contributed by atoms with Gasteiger partial charge in [-0.1, -0.05) is 227 Å². The summed E-state index contributed by atoms with van der Waals surface area (Å²) in [7, 11) is 3.86. The molecule has 0 unspecified atom stereocenters. The molecule has 81 heavy (non-hydrogen) atoms. The molecule has 0 amide bonds. The van der Waals surface area contributed by atoms with E-state index < -0.39 is 0 Å². The van der Waals surface area contributed by atoms with Crippen molar-refractivity contribution >= 4 is 98.2 Å². The summed E-state index contributed by atoms with van der Waals surface area (Å²) in [5.41, 5.74) is 16.7. The van der Waals surface area contributed by atoms with Crippen molar-refractivity contribution in [3.63, 3.8) is 0 Å². The third-order valence-electron chi connectivity index (χ3n) is 18.0. The number of nitrogens with one attached hydrogen (secondary N) is 4. The lowest BCUT2D eigenvalue weighted by atomic mass is 9.90. The molecule has 0 fully saturated rings. The average molecular weight is 1070 g/mol. The predicted octanol–water partition coefficient (Wildman–Crippen LogP) is 23.0. The largest absolute Gasteiger partial charge is 0.497 e. The lowest BCUT2D eigenvalue weighted by Gasteiger charge is -2.23. The molecule has 12 rings (SSSR count). The van der Waals surface area contributed by atoms with Gasteiger partial charge in [0.25, 0.3) is 0 Å². The van der Waals surface area contributed by atoms with Gasteiger partial charge in [-0.15, -0.1) is 0 Å². The molecule has 5 nitrogen and oxygen atoms in total. The van der Waals surface area contributed by atoms with Crippen LogP contribution in [0.3, 0.4) is 0 Å². The standard InChI is InChI=1S/C76H82N4O/c1-8-11-14-17-20-23-46-78-64-47-63(50-38-40-52(81-7)41-39-50)74(79-48(4)28-21-18-15-12-9-2)69-59-36-26-32-55-53(42-44-61(66(55)59)68(64)69)54-43-45-62-67-56(54)33-27-37-60(67)73-71(62)75(77-6)70-57-34-24-30-51-31-25-35-58(65(51)57)72(70)76(73)80-49(5)29-22-19-16-13-10-3/h24-27,30-45,47,77-80H,4-5,8-23,28-29,46H2,1-3,6-7H3. The van der Waals surface area contributed by atoms with Gasteiger partial charge in [0, 0.05) is 68.9 Å². The minimum absolute atomic E-state index is 0.852. The molecule has 0 saturated carbocycles. The van der Waals surface area contributed by atoms with Crippen LogP contribution in [0.1, 0.15) is 136 Å². The van der Waals surface area contributed by atoms with Gasteiger partial charge in [0.15, 0.2) is 0 Å². The molecule has 0 bridgehead atoms. The van der Waals surface area contributed by atoms with Crippen molar-refractivity contribution in [3.05, 3.63) is 152 Å². The average Bonchev–Trinajstić information content (AvgIpc) is 2.42. The molecule has 5 heteroatoms. The second-order valence-corrected chi connectivity index (χ2v) is 23.3. The molecule has 1 aliphatic rings. The fourth-order valence-corrected chi connectivity index (χ4v) is 14.1. The highest BCUT2D eigenvalue weighted by Crippen LogP contribution is 2.59. The Balaban J connectivity index is 1.04. The number of allylic oxidation sites excluding steroid dienone is 2. The zero-order chi connectivity index (χ0) is 55.6. The highest BCUT2D eigenvalue weighted by Gasteiger charge is 2.32. The number of anilines is 4. The van der Waals surface area contributed by atoms with E-state index in [9.17, 15) is 0 Å². The van der Waals surface area contributed by atoms with Crippen LogP contribution in [0.15, 0.2) is 152 Å². The normalized spacial score (nSPS) is 12.1. The topological polar surface area (TPSA) is 57.4 Å². The van der Waals surface area contributed by atoms with Crippen molar-refractivity contribution in [3.8, 4) is 50.3 Å². The lowest BCUT2D eigenvalue weighted by Crippen LogP contribution is -2.07. The molecule has 0 aromatic heterocycles. The van der Waals surface area contributed by atoms with Crippen molar-refractivity contribution in [2.24, 2.45) is 0 Å². The maximum Gasteiger partial charge on any atom is 0.118 e. The van der Waals surface area contributed by atoms with Gasteiger partial charge in [0.2, 0.25) is 0 Å². The fourth-order valence-electron chi connectivity index (χ4n) is 14.1. The van der Waals surface area contributed by atoms with Crippen molar-refractivity contribution < 1.29 is 4.74 Å². The van der Waals surface area contributed by atoms with Crippen LogP contribution in [0, 0.1) is 0 Å². The van der Waals surface area contributed by atoms with Crippen LogP contribution in [0.5, 0.6) is 5.75 Å². The molecule has 4 N–H and O–H groups in total. The molecule has 0 radical (unpaired) electrons. The Hall–Kier alpha value is -7.76. The molecule has 412 valence electrons. The molecular formula is C76H82N4O. The molecule has 0 heterocycles. The minimum atomic E-state index is 0.852. The first-order chi connectivity index (χ1) is 39.9. The van der Waals surface area contributed by atoms with Gasteiger partial charge < -0.3 is 26.0 Å². The summed E-state index contributed by atoms with van der Waals surface area (Å²) < 4.78 is 5.70. The van der Waals surface area contributed by atoms with Gasteiger partial charge >= 0.3 is 0 Å². The second-order valence-electron chi connectivity index (χ2n) is 23.3. The van der Waals surface area contributed by atoms with Gasteiger partial charge in [-0.2, -0.15) is 0 Å². The maximum atomic E-state index is 5.70. The van der Waals surface area contributed by atoms with E-state index in [0.717, 1.165) is 67.0 Å². The van der Waals surface area contributed by atoms with Gasteiger partial charge in [-0.05, 0) is 132 Å². The van der Waals surface area contributed by atoms with E-state index in [1.54, 1.807) is 7.11 Å². The molecule has 0 spiro atoms. The fraction of sp³-hybridized carbons (Fsp3) is 0.316. The number of hydrogen-bond donors (Lipinski definition) is 4. The molecule has 0 atom stereocenters. The van der Waals surface area contributed by atoms with E-state index in [-0.39, 0.29) is 0 Å². The van der Waals surface area contributed by atoms with Crippen molar-refractivity contribution in [1.82, 2.24) is 0 Å². The Morgan fingerprint density at radius 3 is 1.51 bits per heavy atom. The lowest BCUT2D eigenvalue weighted by molar-refractivity contribution is 0.415. The van der Waals surface area contributed by atoms with Crippen LogP contribution in [0.2, 0.25) is 0 Å². The zero-order valence-corrected chi connectivity index (χ0v) is 48.9. The predicted molar refractivity (Wildman–Crippen MR) is 357 cm³/mol. The van der Waals surface area contributed by atoms with Crippen LogP contribution < -0.4 is 26.0 Å². The van der Waals surface area contributed by atoms with Gasteiger partial charge in [-0.3, -0.25) is 0 Å². The van der Waals surface area contributed by atoms with E-state index in [2.05, 4.69) is 176 Å². The summed E-state index contributed by atoms with van der Waals surface area (Å²) >= 11 is 0. The van der Waals surface area contributed by atoms with Crippen LogP contribution >= 0.6 is 0 Å². The van der Waals surface area contributed by atoms with Crippen LogP contribution in [0.4, 0.5) is 22.7 Å². The molecule has 0 aliphatic heterocycles. The van der Waals surface area contributed by atoms with Gasteiger partial charge in [0.1, 0.15) is 5.75 Å². The molecule has 11 aromatic rings. The number of methoxy groups -OCH3 is 1. The summed E-state index contributed by atoms with van der Waals surface area (Å²) in [6, 6.07) is 48.4. The van der Waals surface area contributed by atoms with Crippen molar-refractivity contribution in [2.75, 3.05) is 42.0 Å². The number of rotatable bonds is 28. The van der Waals surface area contributed by atoms with E-state index in [4.69, 9.17) is 17.9 Å². The summed E-state index contributed by atoms with van der Waals surface area (Å²) in [6.07, 6.45) is 21.7. The van der Waals surface area contributed by atoms with Gasteiger partial charge in [0.05, 0.1) is 24.2 Å². The quantitative estimate of drug-likeness (QED) is 0.0291. The maximum absolute atomic E-state index is 5.70. The number of unbranched alkanes of at least 4 members (excludes halogenated alkanes) is 13. The molecular weight excluding hydrogens is 985 g/mol. The first-order valence-corrected chi connectivity index (χ1v) is 30.9. The Kier molecular flexibility index (Phi) is 15.8. The summed E-state index contributed by atoms with van der Waals surface area (Å²) in [4.78, 5) is 0. The number of ether oxygens (including phenoxy) is 1. The van der Waals surface area contributed by atoms with E-state index in [0.29, 0.717) is 0 Å². The van der Waals surface area contributed by atoms with Crippen LogP contribution in [-0.2, 0) is 0 Å². The monoisotopic (exact) mass is 1070 g/mol. The third kappa shape index (κ3) is 9.75. The molecule has 0 saturated heterocycles. The summed E-state index contributed by atoms with van der Waals surface area (Å²) in [5, 5.41) is 33.9. The highest BCUT2D eigenvalue weighted by molar-refractivity contribution is 6.47.